The maximum absolute atomic E-state index is 13.6. The summed E-state index contributed by atoms with van der Waals surface area (Å²) >= 11 is 0. The first-order valence-electron chi connectivity index (χ1n) is 26.5. The van der Waals surface area contributed by atoms with Crippen molar-refractivity contribution < 1.29 is 84.9 Å². The Hall–Kier alpha value is -6.99. The van der Waals surface area contributed by atoms with Gasteiger partial charge in [-0.05, 0) is 68.1 Å². The summed E-state index contributed by atoms with van der Waals surface area (Å²) in [6, 6.07) is 4.16. The summed E-state index contributed by atoms with van der Waals surface area (Å²) in [7, 11) is -9.32. The van der Waals surface area contributed by atoms with Crippen molar-refractivity contribution in [3.05, 3.63) is 65.6 Å². The Morgan fingerprint density at radius 2 is 1.27 bits per heavy atom. The number of ether oxygens (including phenoxy) is 1. The molecule has 1 aliphatic heterocycles. The van der Waals surface area contributed by atoms with Gasteiger partial charge < -0.3 is 56.7 Å². The molecule has 0 aliphatic carbocycles. The van der Waals surface area contributed by atoms with E-state index in [4.69, 9.17) is 4.74 Å². The van der Waals surface area contributed by atoms with Crippen LogP contribution >= 0.6 is 0 Å². The van der Waals surface area contributed by atoms with Gasteiger partial charge in [0.1, 0.15) is 23.6 Å². The normalized spacial score (nSPS) is 15.0. The van der Waals surface area contributed by atoms with Gasteiger partial charge in [0.2, 0.25) is 27.7 Å². The van der Waals surface area contributed by atoms with E-state index >= 15 is 0 Å². The molecule has 85 heavy (non-hydrogen) atoms. The zero-order chi connectivity index (χ0) is 61.6. The first-order chi connectivity index (χ1) is 39.7. The molecular weight excluding hydrogens is 1260 g/mol. The monoisotopic (exact) mass is 1330 g/mol. The Morgan fingerprint density at radius 1 is 0.706 bits per heavy atom. The number of fused-ring (bicyclic) bond motifs is 1. The maximum atomic E-state index is 13.6. The maximum Gasteiger partial charge on any atom is 3.00 e. The number of carbonyl (C=O) groups is 8. The number of carboxylic acids is 4. The number of hydrogen-bond acceptors (Lipinski definition) is 20. The molecule has 0 bridgehead atoms. The molecule has 4 aromatic rings. The van der Waals surface area contributed by atoms with Crippen molar-refractivity contribution in [3.8, 4) is 5.75 Å². The van der Waals surface area contributed by atoms with Gasteiger partial charge in [0, 0.05) is 115 Å². The van der Waals surface area contributed by atoms with Crippen molar-refractivity contribution in [2.75, 3.05) is 122 Å². The van der Waals surface area contributed by atoms with Gasteiger partial charge in [-0.1, -0.05) is 0 Å². The minimum atomic E-state index is -4.84. The van der Waals surface area contributed by atoms with Crippen LogP contribution in [-0.4, -0.2) is 284 Å². The number of sulfonamides is 1. The topological polar surface area (TPSA) is 447 Å². The fraction of sp³-hybridized carbons (Fsp3) is 0.520. The predicted molar refractivity (Wildman–Crippen MR) is 305 cm³/mol. The number of aromatic amines is 1. The van der Waals surface area contributed by atoms with Gasteiger partial charge in [0.05, 0.1) is 49.4 Å². The third kappa shape index (κ3) is 24.9. The third-order valence-corrected chi connectivity index (χ3v) is 15.5. The molecule has 2 unspecified atom stereocenters. The molecule has 3 heterocycles. The molecule has 0 saturated carbocycles. The fourth-order valence-corrected chi connectivity index (χ4v) is 11.3. The largest absolute Gasteiger partial charge is 3.00 e. The first-order valence-corrected chi connectivity index (χ1v) is 29.6. The molecule has 32 nitrogen and oxygen atoms in total. The average Bonchev–Trinajstić information content (AvgIpc) is 3.25. The van der Waals surface area contributed by atoms with E-state index in [0.717, 1.165) is 11.9 Å². The number of aliphatic carboxylic acids is 4. The fourth-order valence-electron chi connectivity index (χ4n) is 8.99. The number of rotatable bonds is 32. The summed E-state index contributed by atoms with van der Waals surface area (Å²) in [6.07, 6.45) is 5.79. The number of H-pyrrole nitrogens is 1. The van der Waals surface area contributed by atoms with Crippen LogP contribution in [0, 0.1) is 13.8 Å². The molecule has 0 radical (unpaired) electrons. The van der Waals surface area contributed by atoms with Crippen molar-refractivity contribution in [3.63, 3.8) is 0 Å². The number of benzene rings is 2. The van der Waals surface area contributed by atoms with Gasteiger partial charge in [-0.15, -0.1) is 0 Å². The summed E-state index contributed by atoms with van der Waals surface area (Å²) in [4.78, 5) is 112. The van der Waals surface area contributed by atoms with Crippen LogP contribution in [0.4, 0.5) is 5.95 Å². The Labute approximate surface area is 508 Å². The number of imidazole rings is 1. The molecule has 1 fully saturated rings. The van der Waals surface area contributed by atoms with Gasteiger partial charge in [-0.2, -0.15) is 18.2 Å². The molecule has 2 aromatic heterocycles. The number of nitrogens with one attached hydrogen (secondary N) is 7. The van der Waals surface area contributed by atoms with Gasteiger partial charge in [0.25, 0.3) is 16.0 Å². The van der Waals surface area contributed by atoms with Crippen LogP contribution in [0.25, 0.3) is 10.9 Å². The predicted octanol–water partition coefficient (Wildman–Crippen LogP) is -3.10. The number of anilines is 1. The summed E-state index contributed by atoms with van der Waals surface area (Å²) < 4.78 is 70.5. The average molecular weight is 1330 g/mol. The SMILES string of the molecule is Cc1cc(OCCCC(=O)NCCNC(=O)C(CS(=O)(=O)O)NC(=O)CN2CCN(CC(=O)O)CCN(CC(=O)O)CCN(CC(=O)O)CC2)cc(C)c1S(=O)(=O)NC(CNC(=O)c1ccc2c(cnn2CCCNc2ncc[nH]2)c1)C(=O)O.[111In+3]. The number of carboxylic acid groups (broad SMARTS) is 4. The first kappa shape index (κ1) is 70.5. The Balaban J connectivity index is 0.0000155. The smallest absolute Gasteiger partial charge is 0.494 e. The number of amides is 4. The van der Waals surface area contributed by atoms with E-state index in [-0.39, 0.29) is 145 Å². The molecule has 5 rings (SSSR count). The zero-order valence-corrected chi connectivity index (χ0v) is 51.8. The van der Waals surface area contributed by atoms with E-state index in [0.29, 0.717) is 24.4 Å². The van der Waals surface area contributed by atoms with E-state index in [1.54, 1.807) is 51.3 Å². The van der Waals surface area contributed by atoms with E-state index in [9.17, 15) is 80.2 Å². The molecule has 462 valence electrons. The Kier molecular flexibility index (Phi) is 28.4. The number of aromatic nitrogens is 4. The molecule has 1 aliphatic rings. The zero-order valence-electron chi connectivity index (χ0n) is 46.9. The van der Waals surface area contributed by atoms with Crippen molar-refractivity contribution >= 4 is 110 Å². The second kappa shape index (κ2) is 34.2. The quantitative estimate of drug-likeness (QED) is 0.0170. The second-order valence-electron chi connectivity index (χ2n) is 19.7. The standard InChI is InChI=1S/C50H72N14O18S2.In/c1-33-23-37(24-34(2)46(33)84(80,81)59-38(49(75)76)27-56-47(73)35-6-7-40-36(25-35)26-57-64(40)13-4-8-53-50-54-11-12-55-50)82-22-3-5-41(65)51-9-10-52-48(74)39(32-83(77,78)79)58-42(66)28-60-14-16-61(29-43(67)68)18-20-63(31-45(71)72)21-19-62(17-15-60)30-44(69)70;/h6-7,11-12,23-26,38-39,59H,3-5,8-10,13-22,27-32H2,1-2H3,(H,51,65)(H,52,74)(H,56,73)(H,58,66)(H,67,68)(H,69,70)(H,71,72)(H,75,76)(H2,53,54,55)(H,77,78,79);/q;+3/i;1-4. The van der Waals surface area contributed by atoms with Crippen molar-refractivity contribution in [1.29, 1.82) is 0 Å². The van der Waals surface area contributed by atoms with E-state index in [1.807, 2.05) is 0 Å². The molecule has 4 amide bonds. The summed E-state index contributed by atoms with van der Waals surface area (Å²) in [5, 5.41) is 56.3. The summed E-state index contributed by atoms with van der Waals surface area (Å²) in [5.41, 5.74) is 1.40. The molecule has 35 heteroatoms. The number of hydrogen-bond donors (Lipinski definition) is 12. The van der Waals surface area contributed by atoms with Gasteiger partial charge >= 0.3 is 49.7 Å². The Morgan fingerprint density at radius 3 is 1.80 bits per heavy atom. The summed E-state index contributed by atoms with van der Waals surface area (Å²) in [5.74, 6) is -8.29. The van der Waals surface area contributed by atoms with Crippen molar-refractivity contribution in [2.45, 2.75) is 56.6 Å². The van der Waals surface area contributed by atoms with E-state index in [1.165, 1.54) is 35.8 Å². The van der Waals surface area contributed by atoms with Crippen LogP contribution in [0.3, 0.4) is 0 Å². The number of aryl methyl sites for hydroxylation is 3. The van der Waals surface area contributed by atoms with Gasteiger partial charge in [0.15, 0.2) is 5.95 Å². The number of nitrogens with zero attached hydrogens (tertiary/aromatic N) is 7. The molecule has 2 atom stereocenters. The number of carbonyl (C=O) groups excluding carboxylic acids is 4. The van der Waals surface area contributed by atoms with Crippen LogP contribution in [0.5, 0.6) is 5.75 Å². The molecule has 12 N–H and O–H groups in total. The molecule has 2 aromatic carbocycles. The van der Waals surface area contributed by atoms with E-state index < -0.39 is 112 Å². The van der Waals surface area contributed by atoms with Crippen LogP contribution in [-0.2, 0) is 60.2 Å². The molecule has 0 spiro atoms. The Bertz CT molecular complexity index is 3120. The molecule has 1 saturated heterocycles. The van der Waals surface area contributed by atoms with Crippen molar-refractivity contribution in [1.82, 2.24) is 65.3 Å². The minimum Gasteiger partial charge on any atom is -0.494 e. The van der Waals surface area contributed by atoms with Gasteiger partial charge in [-0.3, -0.25) is 67.2 Å². The second-order valence-corrected chi connectivity index (χ2v) is 22.9. The van der Waals surface area contributed by atoms with E-state index in [2.05, 4.69) is 46.4 Å². The van der Waals surface area contributed by atoms with Crippen LogP contribution in [0.15, 0.2) is 53.8 Å². The van der Waals surface area contributed by atoms with Crippen molar-refractivity contribution in [2.24, 2.45) is 0 Å². The van der Waals surface area contributed by atoms with Crippen LogP contribution in [0.2, 0.25) is 0 Å². The van der Waals surface area contributed by atoms with Gasteiger partial charge in [-0.25, -0.2) is 13.4 Å². The van der Waals surface area contributed by atoms with Crippen LogP contribution in [0.1, 0.15) is 40.7 Å². The molecular formula is C50H72InN14O18S2+3. The van der Waals surface area contributed by atoms with Crippen LogP contribution < -0.4 is 36.0 Å². The third-order valence-electron chi connectivity index (χ3n) is 13.0. The minimum absolute atomic E-state index is 0. The summed E-state index contributed by atoms with van der Waals surface area (Å²) in [6.45, 7) is 2.31.